The van der Waals surface area contributed by atoms with E-state index in [-0.39, 0.29) is 5.56 Å². The molecule has 0 aliphatic heterocycles. The molecule has 102 valence electrons. The summed E-state index contributed by atoms with van der Waals surface area (Å²) < 4.78 is 7.18. The van der Waals surface area contributed by atoms with Gasteiger partial charge in [0.1, 0.15) is 0 Å². The molecule has 0 atom stereocenters. The normalized spacial score (nSPS) is 11.7. The topological polar surface area (TPSA) is 57.2 Å². The molecule has 0 unspecified atom stereocenters. The van der Waals surface area contributed by atoms with Gasteiger partial charge in [0.05, 0.1) is 0 Å². The van der Waals surface area contributed by atoms with Gasteiger partial charge in [-0.25, -0.2) is 0 Å². The summed E-state index contributed by atoms with van der Waals surface area (Å²) in [4.78, 5) is 11.5. The first-order chi connectivity index (χ1) is 8.38. The van der Waals surface area contributed by atoms with Crippen molar-refractivity contribution in [3.05, 3.63) is 28.7 Å². The molecule has 4 heteroatoms. The molecule has 0 aliphatic carbocycles. The summed E-state index contributed by atoms with van der Waals surface area (Å²) in [6, 6.07) is 3.12. The molecule has 18 heavy (non-hydrogen) atoms. The molecule has 0 bridgehead atoms. The molecule has 1 aromatic rings. The van der Waals surface area contributed by atoms with Gasteiger partial charge in [-0.15, -0.1) is 0 Å². The van der Waals surface area contributed by atoms with Gasteiger partial charge in [0.15, 0.2) is 0 Å². The molecule has 4 nitrogen and oxygen atoms in total. The first-order valence-electron chi connectivity index (χ1n) is 6.42. The van der Waals surface area contributed by atoms with Crippen molar-refractivity contribution in [2.24, 2.45) is 5.41 Å². The van der Waals surface area contributed by atoms with Gasteiger partial charge in [-0.2, -0.15) is 0 Å². The van der Waals surface area contributed by atoms with E-state index in [2.05, 4.69) is 20.8 Å². The molecule has 0 saturated heterocycles. The van der Waals surface area contributed by atoms with Gasteiger partial charge in [-0.1, -0.05) is 20.8 Å². The maximum absolute atomic E-state index is 11.5. The number of rotatable bonds is 6. The largest absolute Gasteiger partial charge is 0.398 e. The molecule has 0 amide bonds. The zero-order valence-electron chi connectivity index (χ0n) is 11.6. The van der Waals surface area contributed by atoms with Gasteiger partial charge in [-0.3, -0.25) is 4.79 Å². The minimum Gasteiger partial charge on any atom is -0.398 e. The van der Waals surface area contributed by atoms with E-state index in [1.807, 2.05) is 0 Å². The number of aromatic nitrogens is 1. The highest BCUT2D eigenvalue weighted by Gasteiger charge is 2.08. The molecular weight excluding hydrogens is 228 g/mol. The molecule has 1 heterocycles. The van der Waals surface area contributed by atoms with Crippen LogP contribution in [-0.2, 0) is 11.3 Å². The number of aryl methyl sites for hydroxylation is 1. The van der Waals surface area contributed by atoms with Gasteiger partial charge >= 0.3 is 0 Å². The molecule has 0 spiro atoms. The zero-order chi connectivity index (χ0) is 13.6. The van der Waals surface area contributed by atoms with E-state index < -0.39 is 0 Å². The lowest BCUT2D eigenvalue weighted by atomic mass is 9.93. The first kappa shape index (κ1) is 14.8. The number of anilines is 1. The Morgan fingerprint density at radius 2 is 2.00 bits per heavy atom. The minimum atomic E-state index is -0.0149. The van der Waals surface area contributed by atoms with E-state index in [4.69, 9.17) is 10.5 Å². The van der Waals surface area contributed by atoms with Crippen LogP contribution in [0, 0.1) is 5.41 Å². The fourth-order valence-electron chi connectivity index (χ4n) is 1.54. The number of hydrogen-bond donors (Lipinski definition) is 1. The Labute approximate surface area is 109 Å². The van der Waals surface area contributed by atoms with E-state index in [0.29, 0.717) is 24.3 Å². The summed E-state index contributed by atoms with van der Waals surface area (Å²) >= 11 is 0. The Morgan fingerprint density at radius 3 is 2.67 bits per heavy atom. The van der Waals surface area contributed by atoms with Crippen LogP contribution in [0.15, 0.2) is 23.1 Å². The van der Waals surface area contributed by atoms with Crippen LogP contribution >= 0.6 is 0 Å². The van der Waals surface area contributed by atoms with Crippen LogP contribution < -0.4 is 11.3 Å². The highest BCUT2D eigenvalue weighted by atomic mass is 16.5. The van der Waals surface area contributed by atoms with Crippen molar-refractivity contribution in [2.75, 3.05) is 18.9 Å². The molecule has 1 aromatic heterocycles. The average Bonchev–Trinajstić information content (AvgIpc) is 2.26. The highest BCUT2D eigenvalue weighted by Crippen LogP contribution is 2.17. The number of nitrogen functional groups attached to an aromatic ring is 1. The smallest absolute Gasteiger partial charge is 0.250 e. The van der Waals surface area contributed by atoms with Crippen LogP contribution in [0.1, 0.15) is 33.6 Å². The van der Waals surface area contributed by atoms with Crippen molar-refractivity contribution in [1.82, 2.24) is 4.57 Å². The van der Waals surface area contributed by atoms with Crippen molar-refractivity contribution in [3.63, 3.8) is 0 Å². The van der Waals surface area contributed by atoms with Crippen LogP contribution in [0.2, 0.25) is 0 Å². The molecule has 2 N–H and O–H groups in total. The van der Waals surface area contributed by atoms with Crippen LogP contribution in [0.5, 0.6) is 0 Å². The second-order valence-electron chi connectivity index (χ2n) is 5.77. The van der Waals surface area contributed by atoms with Crippen molar-refractivity contribution >= 4 is 5.69 Å². The number of nitrogens with two attached hydrogens (primary N) is 1. The highest BCUT2D eigenvalue weighted by molar-refractivity contribution is 5.33. The van der Waals surface area contributed by atoms with Crippen molar-refractivity contribution in [3.8, 4) is 0 Å². The fourth-order valence-corrected chi connectivity index (χ4v) is 1.54. The molecule has 0 fully saturated rings. The van der Waals surface area contributed by atoms with Crippen LogP contribution in [-0.4, -0.2) is 17.8 Å². The number of pyridine rings is 1. The summed E-state index contributed by atoms with van der Waals surface area (Å²) in [5.74, 6) is 0. The maximum atomic E-state index is 11.5. The molecule has 0 saturated carbocycles. The Hall–Kier alpha value is -1.29. The summed E-state index contributed by atoms with van der Waals surface area (Å²) in [6.07, 6.45) is 3.55. The standard InChI is InChI=1S/C14H24N2O2/c1-14(2,3)7-10-18-9-4-8-16-11-12(15)5-6-13(16)17/h5-6,11H,4,7-10,15H2,1-3H3. The summed E-state index contributed by atoms with van der Waals surface area (Å²) in [6.45, 7) is 8.69. The van der Waals surface area contributed by atoms with Gasteiger partial charge < -0.3 is 15.0 Å². The fraction of sp³-hybridized carbons (Fsp3) is 0.643. The second kappa shape index (κ2) is 6.59. The molecule has 0 aliphatic rings. The van der Waals surface area contributed by atoms with E-state index in [1.165, 1.54) is 6.07 Å². The first-order valence-corrected chi connectivity index (χ1v) is 6.42. The number of nitrogens with zero attached hydrogens (tertiary/aromatic N) is 1. The van der Waals surface area contributed by atoms with Gasteiger partial charge in [-0.05, 0) is 24.3 Å². The summed E-state index contributed by atoms with van der Waals surface area (Å²) in [5, 5.41) is 0. The van der Waals surface area contributed by atoms with E-state index in [9.17, 15) is 4.79 Å². The predicted molar refractivity (Wildman–Crippen MR) is 74.6 cm³/mol. The summed E-state index contributed by atoms with van der Waals surface area (Å²) in [7, 11) is 0. The third-order valence-electron chi connectivity index (χ3n) is 2.69. The quantitative estimate of drug-likeness (QED) is 0.790. The monoisotopic (exact) mass is 252 g/mol. The Morgan fingerprint density at radius 1 is 1.28 bits per heavy atom. The van der Waals surface area contributed by atoms with Gasteiger partial charge in [0.25, 0.3) is 5.56 Å². The van der Waals surface area contributed by atoms with Crippen LogP contribution in [0.25, 0.3) is 0 Å². The SMILES string of the molecule is CC(C)(C)CCOCCCn1cc(N)ccc1=O. The molecule has 0 radical (unpaired) electrons. The Balaban J connectivity index is 2.22. The van der Waals surface area contributed by atoms with Crippen molar-refractivity contribution in [2.45, 2.75) is 40.2 Å². The average molecular weight is 252 g/mol. The molecular formula is C14H24N2O2. The lowest BCUT2D eigenvalue weighted by Crippen LogP contribution is -2.20. The lowest BCUT2D eigenvalue weighted by Gasteiger charge is -2.17. The Bertz CT molecular complexity index is 419. The summed E-state index contributed by atoms with van der Waals surface area (Å²) in [5.41, 5.74) is 6.55. The van der Waals surface area contributed by atoms with Crippen LogP contribution in [0.3, 0.4) is 0 Å². The van der Waals surface area contributed by atoms with Crippen molar-refractivity contribution < 1.29 is 4.74 Å². The zero-order valence-corrected chi connectivity index (χ0v) is 11.6. The predicted octanol–water partition coefficient (Wildman–Crippen LogP) is 2.27. The maximum Gasteiger partial charge on any atom is 0.250 e. The second-order valence-corrected chi connectivity index (χ2v) is 5.77. The number of hydrogen-bond acceptors (Lipinski definition) is 3. The van der Waals surface area contributed by atoms with E-state index in [0.717, 1.165) is 19.4 Å². The Kier molecular flexibility index (Phi) is 5.41. The third kappa shape index (κ3) is 5.87. The van der Waals surface area contributed by atoms with Crippen molar-refractivity contribution in [1.29, 1.82) is 0 Å². The third-order valence-corrected chi connectivity index (χ3v) is 2.69. The lowest BCUT2D eigenvalue weighted by molar-refractivity contribution is 0.104. The van der Waals surface area contributed by atoms with Crippen LogP contribution in [0.4, 0.5) is 5.69 Å². The molecule has 0 aromatic carbocycles. The van der Waals surface area contributed by atoms with E-state index in [1.54, 1.807) is 16.8 Å². The minimum absolute atomic E-state index is 0.0149. The van der Waals surface area contributed by atoms with Gasteiger partial charge in [0.2, 0.25) is 0 Å². The molecule has 1 rings (SSSR count). The van der Waals surface area contributed by atoms with E-state index >= 15 is 0 Å². The number of ether oxygens (including phenoxy) is 1. The van der Waals surface area contributed by atoms with Gasteiger partial charge in [0, 0.05) is 37.7 Å².